The Labute approximate surface area is 129 Å². The number of nitrogens with one attached hydrogen (secondary N) is 1. The van der Waals surface area contributed by atoms with Crippen molar-refractivity contribution in [1.29, 1.82) is 0 Å². The summed E-state index contributed by atoms with van der Waals surface area (Å²) in [7, 11) is 0. The average molecular weight is 306 g/mol. The van der Waals surface area contributed by atoms with Gasteiger partial charge in [0.2, 0.25) is 5.13 Å². The maximum atomic E-state index is 12.6. The first-order valence-corrected chi connectivity index (χ1v) is 8.11. The van der Waals surface area contributed by atoms with Crippen LogP contribution in [0.4, 0.5) is 5.13 Å². The molecule has 0 fully saturated rings. The molecule has 6 heteroatoms. The highest BCUT2D eigenvalue weighted by Crippen LogP contribution is 2.27. The number of hydrogen-bond donors (Lipinski definition) is 1. The maximum Gasteiger partial charge on any atom is 0.261 e. The zero-order valence-electron chi connectivity index (χ0n) is 13.2. The molecule has 2 rings (SSSR count). The van der Waals surface area contributed by atoms with Gasteiger partial charge in [-0.05, 0) is 45.7 Å². The van der Waals surface area contributed by atoms with Gasteiger partial charge in [-0.3, -0.25) is 4.79 Å². The molecule has 0 aromatic carbocycles. The van der Waals surface area contributed by atoms with Crippen molar-refractivity contribution in [3.05, 3.63) is 27.7 Å². The normalized spacial score (nSPS) is 12.4. The van der Waals surface area contributed by atoms with Crippen molar-refractivity contribution >= 4 is 16.5 Å². The molecule has 0 bridgehead atoms. The molecule has 0 radical (unpaired) electrons. The number of nitrogens with zero attached hydrogens (tertiary/aromatic N) is 3. The van der Waals surface area contributed by atoms with Crippen LogP contribution >= 0.6 is 11.3 Å². The molecule has 114 valence electrons. The van der Waals surface area contributed by atoms with Crippen molar-refractivity contribution in [1.82, 2.24) is 14.8 Å². The molecule has 1 unspecified atom stereocenters. The van der Waals surface area contributed by atoms with E-state index < -0.39 is 0 Å². The average Bonchev–Trinajstić information content (AvgIpc) is 2.86. The van der Waals surface area contributed by atoms with E-state index in [9.17, 15) is 4.79 Å². The Bertz CT molecular complexity index is 689. The van der Waals surface area contributed by atoms with Crippen LogP contribution in [0, 0.1) is 13.8 Å². The third kappa shape index (κ3) is 3.15. The van der Waals surface area contributed by atoms with Crippen molar-refractivity contribution in [2.75, 3.05) is 5.32 Å². The molecule has 0 saturated carbocycles. The summed E-state index contributed by atoms with van der Waals surface area (Å²) in [6.07, 6.45) is 1.01. The third-order valence-corrected chi connectivity index (χ3v) is 4.51. The van der Waals surface area contributed by atoms with E-state index in [-0.39, 0.29) is 5.56 Å². The Hall–Kier alpha value is -1.69. The van der Waals surface area contributed by atoms with E-state index in [0.29, 0.717) is 23.2 Å². The third-order valence-electron chi connectivity index (χ3n) is 3.64. The molecule has 0 amide bonds. The van der Waals surface area contributed by atoms with Crippen molar-refractivity contribution in [3.8, 4) is 10.6 Å². The van der Waals surface area contributed by atoms with Gasteiger partial charge in [0, 0.05) is 18.3 Å². The highest BCUT2D eigenvalue weighted by molar-refractivity contribution is 7.18. The van der Waals surface area contributed by atoms with Crippen molar-refractivity contribution in [2.45, 2.75) is 53.6 Å². The standard InChI is InChI=1S/C15H22N4OS/c1-6-10(4)16-15-18-17-13(21-15)12-9(3)8-11(5)19(7-2)14(12)20/h8,10H,6-7H2,1-5H3,(H,16,18). The second-order valence-corrected chi connectivity index (χ2v) is 6.24. The summed E-state index contributed by atoms with van der Waals surface area (Å²) >= 11 is 1.44. The predicted molar refractivity (Wildman–Crippen MR) is 88.1 cm³/mol. The first kappa shape index (κ1) is 15.7. The lowest BCUT2D eigenvalue weighted by molar-refractivity contribution is 0.700. The topological polar surface area (TPSA) is 59.8 Å². The van der Waals surface area contributed by atoms with Gasteiger partial charge < -0.3 is 9.88 Å². The van der Waals surface area contributed by atoms with E-state index in [1.54, 1.807) is 4.57 Å². The SMILES string of the molecule is CCC(C)Nc1nnc(-c2c(C)cc(C)n(CC)c2=O)s1. The van der Waals surface area contributed by atoms with Crippen LogP contribution in [-0.2, 0) is 6.54 Å². The quantitative estimate of drug-likeness (QED) is 0.921. The smallest absolute Gasteiger partial charge is 0.261 e. The first-order chi connectivity index (χ1) is 9.97. The van der Waals surface area contributed by atoms with Crippen LogP contribution in [0.1, 0.15) is 38.4 Å². The molecule has 2 aromatic rings. The Balaban J connectivity index is 2.45. The summed E-state index contributed by atoms with van der Waals surface area (Å²) in [5, 5.41) is 13.1. The lowest BCUT2D eigenvalue weighted by Gasteiger charge is -2.11. The first-order valence-electron chi connectivity index (χ1n) is 7.29. The molecule has 5 nitrogen and oxygen atoms in total. The number of anilines is 1. The van der Waals surface area contributed by atoms with E-state index in [4.69, 9.17) is 0 Å². The van der Waals surface area contributed by atoms with Crippen LogP contribution in [0.2, 0.25) is 0 Å². The fourth-order valence-corrected chi connectivity index (χ4v) is 3.23. The van der Waals surface area contributed by atoms with Gasteiger partial charge in [0.05, 0.1) is 5.56 Å². The van der Waals surface area contributed by atoms with Crippen LogP contribution in [-0.4, -0.2) is 20.8 Å². The van der Waals surface area contributed by atoms with Crippen LogP contribution < -0.4 is 10.9 Å². The van der Waals surface area contributed by atoms with Crippen molar-refractivity contribution in [2.24, 2.45) is 0 Å². The van der Waals surface area contributed by atoms with Crippen LogP contribution in [0.3, 0.4) is 0 Å². The van der Waals surface area contributed by atoms with Gasteiger partial charge in [0.25, 0.3) is 5.56 Å². The van der Waals surface area contributed by atoms with Gasteiger partial charge in [-0.25, -0.2) is 0 Å². The van der Waals surface area contributed by atoms with E-state index in [2.05, 4.69) is 29.4 Å². The highest BCUT2D eigenvalue weighted by atomic mass is 32.1. The summed E-state index contributed by atoms with van der Waals surface area (Å²) in [4.78, 5) is 12.6. The molecule has 0 spiro atoms. The van der Waals surface area contributed by atoms with Gasteiger partial charge in [0.1, 0.15) is 0 Å². The molecule has 0 aliphatic rings. The summed E-state index contributed by atoms with van der Waals surface area (Å²) in [5.41, 5.74) is 2.61. The molecule has 21 heavy (non-hydrogen) atoms. The zero-order chi connectivity index (χ0) is 15.6. The Morgan fingerprint density at radius 2 is 2.05 bits per heavy atom. The molecule has 1 N–H and O–H groups in total. The Morgan fingerprint density at radius 3 is 2.67 bits per heavy atom. The Morgan fingerprint density at radius 1 is 1.33 bits per heavy atom. The lowest BCUT2D eigenvalue weighted by Crippen LogP contribution is -2.24. The van der Waals surface area contributed by atoms with E-state index in [1.165, 1.54) is 11.3 Å². The number of pyridine rings is 1. The monoisotopic (exact) mass is 306 g/mol. The van der Waals surface area contributed by atoms with Gasteiger partial charge >= 0.3 is 0 Å². The minimum atomic E-state index is 0.0150. The molecular formula is C15H22N4OS. The van der Waals surface area contributed by atoms with E-state index in [0.717, 1.165) is 22.8 Å². The molecule has 2 aromatic heterocycles. The number of hydrogen-bond acceptors (Lipinski definition) is 5. The summed E-state index contributed by atoms with van der Waals surface area (Å²) < 4.78 is 1.77. The Kier molecular flexibility index (Phi) is 4.77. The van der Waals surface area contributed by atoms with Crippen LogP contribution in [0.5, 0.6) is 0 Å². The predicted octanol–water partition coefficient (Wildman–Crippen LogP) is 3.21. The van der Waals surface area contributed by atoms with Crippen LogP contribution in [0.25, 0.3) is 10.6 Å². The largest absolute Gasteiger partial charge is 0.358 e. The minimum Gasteiger partial charge on any atom is -0.358 e. The van der Waals surface area contributed by atoms with Gasteiger partial charge in [0.15, 0.2) is 5.01 Å². The van der Waals surface area contributed by atoms with Gasteiger partial charge in [-0.2, -0.15) is 0 Å². The molecule has 0 saturated heterocycles. The van der Waals surface area contributed by atoms with Gasteiger partial charge in [-0.1, -0.05) is 18.3 Å². The van der Waals surface area contributed by atoms with Crippen molar-refractivity contribution in [3.63, 3.8) is 0 Å². The second-order valence-electron chi connectivity index (χ2n) is 5.26. The molecule has 0 aliphatic heterocycles. The summed E-state index contributed by atoms with van der Waals surface area (Å²) in [6, 6.07) is 2.38. The molecule has 2 heterocycles. The van der Waals surface area contributed by atoms with Crippen LogP contribution in [0.15, 0.2) is 10.9 Å². The maximum absolute atomic E-state index is 12.6. The molecule has 0 aliphatic carbocycles. The van der Waals surface area contributed by atoms with Gasteiger partial charge in [-0.15, -0.1) is 10.2 Å². The second kappa shape index (κ2) is 6.39. The van der Waals surface area contributed by atoms with Crippen molar-refractivity contribution < 1.29 is 0 Å². The lowest BCUT2D eigenvalue weighted by atomic mass is 10.1. The fraction of sp³-hybridized carbons (Fsp3) is 0.533. The minimum absolute atomic E-state index is 0.0150. The molecular weight excluding hydrogens is 284 g/mol. The number of aromatic nitrogens is 3. The fourth-order valence-electron chi connectivity index (χ4n) is 2.28. The highest BCUT2D eigenvalue weighted by Gasteiger charge is 2.16. The summed E-state index contributed by atoms with van der Waals surface area (Å²) in [5.74, 6) is 0. The van der Waals surface area contributed by atoms with E-state index in [1.807, 2.05) is 26.8 Å². The van der Waals surface area contributed by atoms with E-state index >= 15 is 0 Å². The number of rotatable bonds is 5. The molecule has 1 atom stereocenters. The zero-order valence-corrected chi connectivity index (χ0v) is 14.0. The number of aryl methyl sites for hydroxylation is 2. The summed E-state index contributed by atoms with van der Waals surface area (Å²) in [6.45, 7) is 10.8.